The maximum atomic E-state index is 12.5. The van der Waals surface area contributed by atoms with Gasteiger partial charge in [-0.2, -0.15) is 0 Å². The third-order valence-corrected chi connectivity index (χ3v) is 4.69. The lowest BCUT2D eigenvalue weighted by molar-refractivity contribution is 0.190. The number of furan rings is 1. The molecule has 0 atom stereocenters. The number of benzene rings is 1. The number of rotatable bonds is 3. The van der Waals surface area contributed by atoms with E-state index in [1.54, 1.807) is 18.4 Å². The zero-order valence-electron chi connectivity index (χ0n) is 14.5. The molecule has 1 saturated heterocycles. The molecule has 134 valence electrons. The van der Waals surface area contributed by atoms with Crippen LogP contribution in [0, 0.1) is 6.92 Å². The number of aromatic nitrogens is 2. The summed E-state index contributed by atoms with van der Waals surface area (Å²) in [6, 6.07) is 11.3. The molecule has 4 rings (SSSR count). The Morgan fingerprint density at radius 2 is 1.96 bits per heavy atom. The number of carbonyl (C=O) groups is 1. The topological polar surface area (TPSA) is 84.4 Å². The van der Waals surface area contributed by atoms with Gasteiger partial charge in [-0.3, -0.25) is 0 Å². The summed E-state index contributed by atoms with van der Waals surface area (Å²) in [5, 5.41) is 11.2. The normalized spacial score (nSPS) is 15.2. The molecule has 0 radical (unpaired) electrons. The number of anilines is 1. The molecule has 2 aromatic heterocycles. The Labute approximate surface area is 151 Å². The minimum Gasteiger partial charge on any atom is -0.459 e. The maximum absolute atomic E-state index is 12.5. The fourth-order valence-corrected chi connectivity index (χ4v) is 3.14. The van der Waals surface area contributed by atoms with Crippen molar-refractivity contribution in [2.45, 2.75) is 25.7 Å². The van der Waals surface area contributed by atoms with Crippen molar-refractivity contribution in [2.24, 2.45) is 0 Å². The molecule has 0 unspecified atom stereocenters. The Kier molecular flexibility index (Phi) is 4.43. The molecule has 3 heterocycles. The van der Waals surface area contributed by atoms with Crippen LogP contribution in [-0.4, -0.2) is 34.2 Å². The summed E-state index contributed by atoms with van der Waals surface area (Å²) in [6.45, 7) is 3.29. The average Bonchev–Trinajstić information content (AvgIpc) is 3.35. The van der Waals surface area contributed by atoms with Gasteiger partial charge in [-0.05, 0) is 43.5 Å². The van der Waals surface area contributed by atoms with Crippen molar-refractivity contribution in [3.63, 3.8) is 0 Å². The van der Waals surface area contributed by atoms with Gasteiger partial charge < -0.3 is 19.1 Å². The van der Waals surface area contributed by atoms with Gasteiger partial charge in [0.1, 0.15) is 0 Å². The second-order valence-corrected chi connectivity index (χ2v) is 6.43. The highest BCUT2D eigenvalue weighted by Crippen LogP contribution is 2.29. The molecule has 0 saturated carbocycles. The third kappa shape index (κ3) is 3.33. The predicted molar refractivity (Wildman–Crippen MR) is 95.7 cm³/mol. The van der Waals surface area contributed by atoms with Gasteiger partial charge in [-0.15, -0.1) is 10.2 Å². The molecule has 1 fully saturated rings. The lowest BCUT2D eigenvalue weighted by Gasteiger charge is -2.30. The monoisotopic (exact) mass is 352 g/mol. The number of amides is 2. The van der Waals surface area contributed by atoms with E-state index in [-0.39, 0.29) is 11.9 Å². The van der Waals surface area contributed by atoms with Gasteiger partial charge >= 0.3 is 6.03 Å². The summed E-state index contributed by atoms with van der Waals surface area (Å²) < 4.78 is 11.0. The van der Waals surface area contributed by atoms with Crippen molar-refractivity contribution in [2.75, 3.05) is 18.4 Å². The fourth-order valence-electron chi connectivity index (χ4n) is 3.14. The molecule has 0 aliphatic carbocycles. The molecule has 2 amide bonds. The largest absolute Gasteiger partial charge is 0.459 e. The van der Waals surface area contributed by atoms with Gasteiger partial charge in [0.25, 0.3) is 5.89 Å². The summed E-state index contributed by atoms with van der Waals surface area (Å²) in [6.07, 6.45) is 3.16. The number of aryl methyl sites for hydroxylation is 1. The molecule has 0 spiro atoms. The number of nitrogens with one attached hydrogen (secondary N) is 1. The molecular weight excluding hydrogens is 332 g/mol. The van der Waals surface area contributed by atoms with E-state index in [1.807, 2.05) is 36.1 Å². The van der Waals surface area contributed by atoms with Crippen LogP contribution in [0.15, 0.2) is 51.5 Å². The molecule has 1 N–H and O–H groups in total. The number of piperidine rings is 1. The van der Waals surface area contributed by atoms with E-state index in [2.05, 4.69) is 15.5 Å². The number of urea groups is 1. The molecule has 1 aliphatic rings. The Morgan fingerprint density at radius 1 is 1.15 bits per heavy atom. The van der Waals surface area contributed by atoms with E-state index in [1.165, 1.54) is 0 Å². The SMILES string of the molecule is Cc1ccccc1NC(=O)N1CCC(c2nnc(-c3ccco3)o2)CC1. The summed E-state index contributed by atoms with van der Waals surface area (Å²) in [5.74, 6) is 1.73. The van der Waals surface area contributed by atoms with E-state index >= 15 is 0 Å². The van der Waals surface area contributed by atoms with Crippen LogP contribution in [0.25, 0.3) is 11.7 Å². The zero-order chi connectivity index (χ0) is 17.9. The first-order chi connectivity index (χ1) is 12.7. The summed E-state index contributed by atoms with van der Waals surface area (Å²) in [5.41, 5.74) is 1.90. The molecular formula is C19H20N4O3. The number of carbonyl (C=O) groups excluding carboxylic acids is 1. The highest BCUT2D eigenvalue weighted by atomic mass is 16.4. The molecule has 26 heavy (non-hydrogen) atoms. The first kappa shape index (κ1) is 16.4. The van der Waals surface area contributed by atoms with Gasteiger partial charge in [-0.1, -0.05) is 18.2 Å². The minimum absolute atomic E-state index is 0.0699. The van der Waals surface area contributed by atoms with Gasteiger partial charge in [0.15, 0.2) is 5.76 Å². The fraction of sp³-hybridized carbons (Fsp3) is 0.316. The smallest absolute Gasteiger partial charge is 0.321 e. The van der Waals surface area contributed by atoms with Gasteiger partial charge in [0.05, 0.1) is 6.26 Å². The quantitative estimate of drug-likeness (QED) is 0.769. The van der Waals surface area contributed by atoms with Crippen molar-refractivity contribution < 1.29 is 13.6 Å². The highest BCUT2D eigenvalue weighted by Gasteiger charge is 2.28. The van der Waals surface area contributed by atoms with Gasteiger partial charge in [0, 0.05) is 24.7 Å². The van der Waals surface area contributed by atoms with Crippen LogP contribution >= 0.6 is 0 Å². The summed E-state index contributed by atoms with van der Waals surface area (Å²) >= 11 is 0. The molecule has 7 heteroatoms. The number of hydrogen-bond donors (Lipinski definition) is 1. The van der Waals surface area contributed by atoms with Crippen LogP contribution in [-0.2, 0) is 0 Å². The molecule has 1 aromatic carbocycles. The second-order valence-electron chi connectivity index (χ2n) is 6.43. The maximum Gasteiger partial charge on any atom is 0.321 e. The Morgan fingerprint density at radius 3 is 2.69 bits per heavy atom. The molecule has 3 aromatic rings. The van der Waals surface area contributed by atoms with Gasteiger partial charge in [-0.25, -0.2) is 4.79 Å². The zero-order valence-corrected chi connectivity index (χ0v) is 14.5. The van der Waals surface area contributed by atoms with Crippen molar-refractivity contribution >= 4 is 11.7 Å². The molecule has 1 aliphatic heterocycles. The second kappa shape index (κ2) is 7.03. The minimum atomic E-state index is -0.0699. The van der Waals surface area contributed by atoms with Crippen LogP contribution < -0.4 is 5.32 Å². The first-order valence-corrected chi connectivity index (χ1v) is 8.69. The van der Waals surface area contributed by atoms with Crippen LogP contribution in [0.5, 0.6) is 0 Å². The van der Waals surface area contributed by atoms with E-state index < -0.39 is 0 Å². The lowest BCUT2D eigenvalue weighted by atomic mass is 9.97. The van der Waals surface area contributed by atoms with Crippen LogP contribution in [0.1, 0.15) is 30.2 Å². The summed E-state index contributed by atoms with van der Waals surface area (Å²) in [4.78, 5) is 14.3. The first-order valence-electron chi connectivity index (χ1n) is 8.69. The average molecular weight is 352 g/mol. The highest BCUT2D eigenvalue weighted by molar-refractivity contribution is 5.90. The Hall–Kier alpha value is -3.09. The van der Waals surface area contributed by atoms with Crippen molar-refractivity contribution in [1.82, 2.24) is 15.1 Å². The Balaban J connectivity index is 1.35. The summed E-state index contributed by atoms with van der Waals surface area (Å²) in [7, 11) is 0. The van der Waals surface area contributed by atoms with E-state index in [0.29, 0.717) is 30.6 Å². The van der Waals surface area contributed by atoms with Crippen molar-refractivity contribution in [3.8, 4) is 11.7 Å². The third-order valence-electron chi connectivity index (χ3n) is 4.69. The van der Waals surface area contributed by atoms with Crippen LogP contribution in [0.4, 0.5) is 10.5 Å². The number of hydrogen-bond acceptors (Lipinski definition) is 5. The van der Waals surface area contributed by atoms with E-state index in [4.69, 9.17) is 8.83 Å². The Bertz CT molecular complexity index is 880. The number of para-hydroxylation sites is 1. The predicted octanol–water partition coefficient (Wildman–Crippen LogP) is 4.05. The molecule has 0 bridgehead atoms. The van der Waals surface area contributed by atoms with E-state index in [0.717, 1.165) is 24.1 Å². The van der Waals surface area contributed by atoms with Gasteiger partial charge in [0.2, 0.25) is 5.89 Å². The number of likely N-dealkylation sites (tertiary alicyclic amines) is 1. The standard InChI is InChI=1S/C19H20N4O3/c1-13-5-2-3-6-15(13)20-19(24)23-10-8-14(9-11-23)17-21-22-18(26-17)16-7-4-12-25-16/h2-7,12,14H,8-11H2,1H3,(H,20,24). The van der Waals surface area contributed by atoms with Crippen molar-refractivity contribution in [1.29, 1.82) is 0 Å². The van der Waals surface area contributed by atoms with Crippen LogP contribution in [0.3, 0.4) is 0 Å². The number of nitrogens with zero attached hydrogens (tertiary/aromatic N) is 3. The lowest BCUT2D eigenvalue weighted by Crippen LogP contribution is -2.40. The van der Waals surface area contributed by atoms with E-state index in [9.17, 15) is 4.79 Å². The van der Waals surface area contributed by atoms with Crippen LogP contribution in [0.2, 0.25) is 0 Å². The van der Waals surface area contributed by atoms with Crippen molar-refractivity contribution in [3.05, 3.63) is 54.1 Å². The molecule has 7 nitrogen and oxygen atoms in total.